The molecule has 0 saturated carbocycles. The van der Waals surface area contributed by atoms with Crippen LogP contribution in [0.15, 0.2) is 30.5 Å². The Kier molecular flexibility index (Phi) is 6.19. The molecule has 0 amide bonds. The zero-order valence-corrected chi connectivity index (χ0v) is 20.4. The summed E-state index contributed by atoms with van der Waals surface area (Å²) in [5, 5.41) is 6.46. The second kappa shape index (κ2) is 9.30. The van der Waals surface area contributed by atoms with Crippen LogP contribution >= 0.6 is 0 Å². The number of pyridine rings is 1. The Balaban J connectivity index is 1.47. The first-order valence-electron chi connectivity index (χ1n) is 12.0. The molecule has 4 heterocycles. The summed E-state index contributed by atoms with van der Waals surface area (Å²) in [6.45, 7) is 9.85. The summed E-state index contributed by atoms with van der Waals surface area (Å²) in [5.41, 5.74) is 3.41. The van der Waals surface area contributed by atoms with Gasteiger partial charge in [-0.25, -0.2) is 28.7 Å². The summed E-state index contributed by atoms with van der Waals surface area (Å²) in [6, 6.07) is 7.05. The van der Waals surface area contributed by atoms with Crippen molar-refractivity contribution in [3.05, 3.63) is 59.2 Å². The van der Waals surface area contributed by atoms with Crippen molar-refractivity contribution < 1.29 is 8.78 Å². The van der Waals surface area contributed by atoms with Gasteiger partial charge in [0.2, 0.25) is 5.95 Å². The first-order chi connectivity index (χ1) is 16.8. The van der Waals surface area contributed by atoms with Crippen molar-refractivity contribution in [2.24, 2.45) is 0 Å². The van der Waals surface area contributed by atoms with Crippen molar-refractivity contribution in [2.45, 2.75) is 52.5 Å². The Bertz CT molecular complexity index is 1390. The number of hydrogen-bond donors (Lipinski definition) is 2. The number of nitrogens with one attached hydrogen (secondary N) is 2. The molecule has 3 aromatic heterocycles. The number of hydrogen-bond acceptors (Lipinski definition) is 6. The van der Waals surface area contributed by atoms with Crippen LogP contribution < -0.4 is 10.6 Å². The van der Waals surface area contributed by atoms with Gasteiger partial charge in [-0.05, 0) is 83.3 Å². The van der Waals surface area contributed by atoms with Crippen molar-refractivity contribution in [1.29, 1.82) is 0 Å². The smallest absolute Gasteiger partial charge is 0.229 e. The lowest BCUT2D eigenvalue weighted by Gasteiger charge is -2.24. The Hall–Kier alpha value is -3.46. The number of halogens is 2. The summed E-state index contributed by atoms with van der Waals surface area (Å²) >= 11 is 0. The van der Waals surface area contributed by atoms with Gasteiger partial charge in [0.1, 0.15) is 22.9 Å². The number of imidazole rings is 1. The first kappa shape index (κ1) is 23.3. The van der Waals surface area contributed by atoms with Crippen LogP contribution in [0.3, 0.4) is 0 Å². The van der Waals surface area contributed by atoms with Crippen LogP contribution in [0.4, 0.5) is 20.5 Å². The van der Waals surface area contributed by atoms with E-state index in [9.17, 15) is 8.78 Å². The van der Waals surface area contributed by atoms with Gasteiger partial charge in [-0.15, -0.1) is 0 Å². The molecule has 1 aliphatic rings. The van der Waals surface area contributed by atoms with Crippen LogP contribution in [0.1, 0.15) is 55.7 Å². The monoisotopic (exact) mass is 477 g/mol. The standard InChI is InChI=1S/C26H29F2N7/c1-14(2)35-16(4)32-25-20(27)11-18(12-22(25)35)24-21(28)13-30-26(34-24)33-23-6-5-19(15(3)31-23)17-7-9-29-10-8-17/h5-6,11-14,17,29H,7-10H2,1-4H3,(H,30,31,33,34). The van der Waals surface area contributed by atoms with E-state index < -0.39 is 11.6 Å². The average molecular weight is 478 g/mol. The van der Waals surface area contributed by atoms with Gasteiger partial charge in [-0.1, -0.05) is 6.07 Å². The van der Waals surface area contributed by atoms with Crippen LogP contribution in [0, 0.1) is 25.5 Å². The van der Waals surface area contributed by atoms with Crippen LogP contribution in [0.25, 0.3) is 22.3 Å². The average Bonchev–Trinajstić information content (AvgIpc) is 3.17. The Labute approximate surface area is 203 Å². The maximum absolute atomic E-state index is 14.9. The molecule has 4 aromatic rings. The van der Waals surface area contributed by atoms with E-state index in [4.69, 9.17) is 0 Å². The van der Waals surface area contributed by atoms with Gasteiger partial charge >= 0.3 is 0 Å². The predicted octanol–water partition coefficient (Wildman–Crippen LogP) is 5.57. The second-order valence-electron chi connectivity index (χ2n) is 9.36. The zero-order valence-electron chi connectivity index (χ0n) is 20.4. The molecule has 9 heteroatoms. The third-order valence-corrected chi connectivity index (χ3v) is 6.60. The molecule has 1 aromatic carbocycles. The third-order valence-electron chi connectivity index (χ3n) is 6.60. The van der Waals surface area contributed by atoms with Gasteiger partial charge in [-0.3, -0.25) is 0 Å². The van der Waals surface area contributed by atoms with Crippen molar-refractivity contribution in [1.82, 2.24) is 29.8 Å². The van der Waals surface area contributed by atoms with Gasteiger partial charge in [-0.2, -0.15) is 0 Å². The highest BCUT2D eigenvalue weighted by Crippen LogP contribution is 2.31. The van der Waals surface area contributed by atoms with E-state index in [0.29, 0.717) is 28.6 Å². The molecule has 182 valence electrons. The van der Waals surface area contributed by atoms with Crippen LogP contribution in [0.5, 0.6) is 0 Å². The van der Waals surface area contributed by atoms with Crippen molar-refractivity contribution in [3.63, 3.8) is 0 Å². The fourth-order valence-electron chi connectivity index (χ4n) is 5.01. The van der Waals surface area contributed by atoms with Crippen LogP contribution in [-0.2, 0) is 0 Å². The van der Waals surface area contributed by atoms with Crippen LogP contribution in [0.2, 0.25) is 0 Å². The van der Waals surface area contributed by atoms with E-state index in [0.717, 1.165) is 37.8 Å². The lowest BCUT2D eigenvalue weighted by atomic mass is 9.89. The number of benzene rings is 1. The minimum Gasteiger partial charge on any atom is -0.326 e. The van der Waals surface area contributed by atoms with Gasteiger partial charge in [0.05, 0.1) is 11.7 Å². The Morgan fingerprint density at radius 3 is 2.51 bits per heavy atom. The third kappa shape index (κ3) is 4.48. The number of anilines is 2. The number of piperidine rings is 1. The summed E-state index contributed by atoms with van der Waals surface area (Å²) in [4.78, 5) is 17.5. The van der Waals surface area contributed by atoms with Crippen molar-refractivity contribution in [2.75, 3.05) is 18.4 Å². The number of fused-ring (bicyclic) bond motifs is 1. The minimum absolute atomic E-state index is 0.0144. The lowest BCUT2D eigenvalue weighted by Crippen LogP contribution is -2.27. The molecular weight excluding hydrogens is 448 g/mol. The molecule has 35 heavy (non-hydrogen) atoms. The van der Waals surface area contributed by atoms with E-state index in [1.165, 1.54) is 11.6 Å². The van der Waals surface area contributed by atoms with Gasteiger partial charge in [0, 0.05) is 17.3 Å². The normalized spacial score (nSPS) is 14.7. The number of rotatable bonds is 5. The molecule has 0 spiro atoms. The quantitative estimate of drug-likeness (QED) is 0.391. The van der Waals surface area contributed by atoms with Crippen molar-refractivity contribution in [3.8, 4) is 11.3 Å². The highest BCUT2D eigenvalue weighted by Gasteiger charge is 2.20. The second-order valence-corrected chi connectivity index (χ2v) is 9.36. The Morgan fingerprint density at radius 2 is 1.80 bits per heavy atom. The molecule has 7 nitrogen and oxygen atoms in total. The highest BCUT2D eigenvalue weighted by molar-refractivity contribution is 5.83. The topological polar surface area (TPSA) is 80.6 Å². The van der Waals surface area contributed by atoms with E-state index >= 15 is 0 Å². The van der Waals surface area contributed by atoms with Gasteiger partial charge in [0.25, 0.3) is 0 Å². The minimum atomic E-state index is -0.632. The Morgan fingerprint density at radius 1 is 1.03 bits per heavy atom. The molecule has 0 unspecified atom stereocenters. The largest absolute Gasteiger partial charge is 0.326 e. The molecule has 5 rings (SSSR count). The summed E-state index contributed by atoms with van der Waals surface area (Å²) < 4.78 is 31.7. The summed E-state index contributed by atoms with van der Waals surface area (Å²) in [7, 11) is 0. The fraction of sp³-hybridized carbons (Fsp3) is 0.385. The molecule has 2 N–H and O–H groups in total. The van der Waals surface area contributed by atoms with Gasteiger partial charge in [0.15, 0.2) is 11.6 Å². The molecule has 1 saturated heterocycles. The molecule has 1 aliphatic heterocycles. The summed E-state index contributed by atoms with van der Waals surface area (Å²) in [6.07, 6.45) is 3.28. The van der Waals surface area contributed by atoms with E-state index in [1.807, 2.05) is 38.3 Å². The first-order valence-corrected chi connectivity index (χ1v) is 12.0. The predicted molar refractivity (Wildman–Crippen MR) is 133 cm³/mol. The maximum atomic E-state index is 14.9. The number of nitrogens with zero attached hydrogens (tertiary/aromatic N) is 5. The van der Waals surface area contributed by atoms with Crippen molar-refractivity contribution >= 4 is 22.8 Å². The van der Waals surface area contributed by atoms with E-state index in [-0.39, 0.29) is 23.2 Å². The molecular formula is C26H29F2N7. The molecule has 0 radical (unpaired) electrons. The van der Waals surface area contributed by atoms with Gasteiger partial charge < -0.3 is 15.2 Å². The molecule has 0 bridgehead atoms. The number of aromatic nitrogens is 5. The maximum Gasteiger partial charge on any atom is 0.229 e. The SMILES string of the molecule is Cc1nc(Nc2ncc(F)c(-c3cc(F)c4nc(C)n(C(C)C)c4c3)n2)ccc1C1CCNCC1. The zero-order chi connectivity index (χ0) is 24.7. The fourth-order valence-corrected chi connectivity index (χ4v) is 5.01. The lowest BCUT2D eigenvalue weighted by molar-refractivity contribution is 0.458. The van der Waals surface area contributed by atoms with E-state index in [2.05, 4.69) is 36.6 Å². The van der Waals surface area contributed by atoms with Crippen LogP contribution in [-0.4, -0.2) is 37.6 Å². The molecule has 1 fully saturated rings. The molecule has 0 atom stereocenters. The molecule has 0 aliphatic carbocycles. The highest BCUT2D eigenvalue weighted by atomic mass is 19.1. The number of aryl methyl sites for hydroxylation is 2. The van der Waals surface area contributed by atoms with E-state index in [1.54, 1.807) is 6.07 Å². The summed E-state index contributed by atoms with van der Waals surface area (Å²) in [5.74, 6) is 0.820.